The van der Waals surface area contributed by atoms with Gasteiger partial charge in [0.15, 0.2) is 0 Å². The van der Waals surface area contributed by atoms with E-state index in [-0.39, 0.29) is 51.0 Å². The van der Waals surface area contributed by atoms with Crippen molar-refractivity contribution in [3.05, 3.63) is 118 Å². The molecular weight excluding hydrogens is 527 g/mol. The maximum atomic E-state index is 3.24. The van der Waals surface area contributed by atoms with Gasteiger partial charge in [0.25, 0.3) is 0 Å². The zero-order chi connectivity index (χ0) is 20.9. The molecule has 0 bridgehead atoms. The van der Waals surface area contributed by atoms with Crippen LogP contribution in [0.4, 0.5) is 0 Å². The molecule has 0 aliphatic heterocycles. The smallest absolute Gasteiger partial charge is 1.00 e. The molecule has 1 radical (unpaired) electrons. The first kappa shape index (κ1) is 33.3. The molecule has 0 atom stereocenters. The van der Waals surface area contributed by atoms with Crippen LogP contribution >= 0.6 is 0 Å². The van der Waals surface area contributed by atoms with E-state index in [0.29, 0.717) is 0 Å². The molecule has 2 aromatic carbocycles. The molecule has 0 N–H and O–H groups in total. The summed E-state index contributed by atoms with van der Waals surface area (Å²) in [5.74, 6) is 0. The summed E-state index contributed by atoms with van der Waals surface area (Å²) in [6, 6.07) is 21.2. The molecule has 0 aromatic heterocycles. The number of allylic oxidation sites excluding steroid dienone is 8. The fourth-order valence-electron chi connectivity index (χ4n) is 3.28. The summed E-state index contributed by atoms with van der Waals surface area (Å²) in [5.41, 5.74) is 8.44. The molecule has 167 valence electrons. The van der Waals surface area contributed by atoms with Crippen LogP contribution in [0.15, 0.2) is 95.1 Å². The molecule has 0 nitrogen and oxygen atoms in total. The van der Waals surface area contributed by atoms with Crippen molar-refractivity contribution >= 4 is 9.52 Å². The summed E-state index contributed by atoms with van der Waals surface area (Å²) in [7, 11) is 0.750. The van der Waals surface area contributed by atoms with Crippen molar-refractivity contribution in [1.82, 2.24) is 0 Å². The summed E-state index contributed by atoms with van der Waals surface area (Å²) in [6.45, 7) is 8.68. The fourth-order valence-corrected chi connectivity index (χ4v) is 3.28. The van der Waals surface area contributed by atoms with Crippen LogP contribution in [0.25, 0.3) is 0 Å². The minimum absolute atomic E-state index is 0. The van der Waals surface area contributed by atoms with E-state index in [4.69, 9.17) is 0 Å². The van der Waals surface area contributed by atoms with E-state index in [1.807, 2.05) is 0 Å². The molecule has 0 fully saturated rings. The monoisotopic (exact) mass is 557 g/mol. The Hall–Kier alpha value is -0.920. The van der Waals surface area contributed by atoms with Crippen molar-refractivity contribution in [3.8, 4) is 0 Å². The van der Waals surface area contributed by atoms with Crippen molar-refractivity contribution in [2.24, 2.45) is 0 Å². The van der Waals surface area contributed by atoms with Gasteiger partial charge in [-0.05, 0) is 0 Å². The van der Waals surface area contributed by atoms with Crippen molar-refractivity contribution in [1.29, 1.82) is 0 Å². The van der Waals surface area contributed by atoms with Gasteiger partial charge < -0.3 is 24.8 Å². The summed E-state index contributed by atoms with van der Waals surface area (Å²) in [5, 5.41) is 0. The van der Waals surface area contributed by atoms with Gasteiger partial charge in [0, 0.05) is 9.52 Å². The summed E-state index contributed by atoms with van der Waals surface area (Å²) < 4.78 is 0. The SMILES string of the molecule is CC1=[C-]C=C(Cc2ccccc2)C1.CC1=[C-]C=C(Cc2ccccc2)C1.C[SiH]C.[Cl-].[Cl-].[Zr+4]. The van der Waals surface area contributed by atoms with E-state index in [0.717, 1.165) is 35.2 Å². The van der Waals surface area contributed by atoms with Gasteiger partial charge in [0.2, 0.25) is 0 Å². The molecule has 2 aliphatic carbocycles. The summed E-state index contributed by atoms with van der Waals surface area (Å²) in [6.07, 6.45) is 15.1. The molecule has 2 aliphatic rings. The summed E-state index contributed by atoms with van der Waals surface area (Å²) in [4.78, 5) is 0. The molecule has 0 heterocycles. The van der Waals surface area contributed by atoms with Gasteiger partial charge in [-0.3, -0.25) is 12.2 Å². The predicted molar refractivity (Wildman–Crippen MR) is 129 cm³/mol. The zero-order valence-electron chi connectivity index (χ0n) is 19.6. The van der Waals surface area contributed by atoms with Gasteiger partial charge in [0.1, 0.15) is 0 Å². The Morgan fingerprint density at radius 1 is 0.656 bits per heavy atom. The van der Waals surface area contributed by atoms with E-state index in [1.54, 1.807) is 0 Å². The third-order valence-corrected chi connectivity index (χ3v) is 4.58. The van der Waals surface area contributed by atoms with Crippen LogP contribution in [0, 0.1) is 12.2 Å². The van der Waals surface area contributed by atoms with Gasteiger partial charge >= 0.3 is 26.2 Å². The first-order valence-corrected chi connectivity index (χ1v) is 12.8. The Balaban J connectivity index is 0. The normalized spacial score (nSPS) is 13.1. The average Bonchev–Trinajstić information content (AvgIpc) is 3.32. The third kappa shape index (κ3) is 13.6. The molecule has 0 amide bonds. The van der Waals surface area contributed by atoms with Crippen LogP contribution in [0.5, 0.6) is 0 Å². The Labute approximate surface area is 230 Å². The molecule has 4 rings (SSSR count). The van der Waals surface area contributed by atoms with Gasteiger partial charge in [-0.2, -0.15) is 11.1 Å². The first-order chi connectivity index (χ1) is 14.1. The van der Waals surface area contributed by atoms with Crippen LogP contribution in [0.3, 0.4) is 0 Å². The van der Waals surface area contributed by atoms with Crippen LogP contribution in [-0.2, 0) is 39.0 Å². The van der Waals surface area contributed by atoms with Crippen molar-refractivity contribution in [2.75, 3.05) is 0 Å². The average molecular weight is 560 g/mol. The van der Waals surface area contributed by atoms with Gasteiger partial charge in [-0.1, -0.05) is 124 Å². The Kier molecular flexibility index (Phi) is 20.3. The van der Waals surface area contributed by atoms with E-state index >= 15 is 0 Å². The van der Waals surface area contributed by atoms with Crippen LogP contribution < -0.4 is 24.8 Å². The van der Waals surface area contributed by atoms with E-state index < -0.39 is 0 Å². The second kappa shape index (κ2) is 19.5. The standard InChI is InChI=1S/2C13H13.C2H7Si.2ClH.Zr/c2*1-11-7-8-13(9-11)10-12-5-3-2-4-6-12;1-3-2;;;/h2*2-6,8H,9-10H2,1H3;3H,1-2H3;2*1H;/q2*-1;;;;+4/p-2. The van der Waals surface area contributed by atoms with Crippen LogP contribution in [0.1, 0.15) is 37.8 Å². The maximum Gasteiger partial charge on any atom is 4.00 e. The van der Waals surface area contributed by atoms with E-state index in [2.05, 4.69) is 112 Å². The minimum Gasteiger partial charge on any atom is -1.00 e. The molecule has 2 aromatic rings. The first-order valence-electron chi connectivity index (χ1n) is 10.5. The molecule has 0 saturated heterocycles. The number of rotatable bonds is 4. The number of hydrogen-bond acceptors (Lipinski definition) is 0. The molecule has 0 spiro atoms. The molecule has 4 heteroatoms. The second-order valence-corrected chi connectivity index (χ2v) is 8.86. The van der Waals surface area contributed by atoms with Gasteiger partial charge in [-0.15, -0.1) is 0 Å². The Bertz CT molecular complexity index is 795. The maximum absolute atomic E-state index is 3.24. The quantitative estimate of drug-likeness (QED) is 0.390. The van der Waals surface area contributed by atoms with Gasteiger partial charge in [-0.25, -0.2) is 23.3 Å². The molecule has 0 unspecified atom stereocenters. The minimum atomic E-state index is 0. The van der Waals surface area contributed by atoms with E-state index in [9.17, 15) is 0 Å². The largest absolute Gasteiger partial charge is 4.00 e. The number of benzene rings is 2. The Morgan fingerprint density at radius 2 is 0.969 bits per heavy atom. The van der Waals surface area contributed by atoms with Crippen LogP contribution in [-0.4, -0.2) is 9.52 Å². The third-order valence-electron chi connectivity index (χ3n) is 4.58. The van der Waals surface area contributed by atoms with Gasteiger partial charge in [0.05, 0.1) is 0 Å². The topological polar surface area (TPSA) is 0 Å². The zero-order valence-corrected chi connectivity index (χ0v) is 24.7. The van der Waals surface area contributed by atoms with Crippen LogP contribution in [0.2, 0.25) is 13.1 Å². The van der Waals surface area contributed by atoms with Crippen molar-refractivity contribution in [2.45, 2.75) is 52.6 Å². The number of hydrogen-bond donors (Lipinski definition) is 0. The summed E-state index contributed by atoms with van der Waals surface area (Å²) >= 11 is 0. The molecular formula is C28H33Cl2SiZr. The fraction of sp³-hybridized carbons (Fsp3) is 0.286. The van der Waals surface area contributed by atoms with Crippen molar-refractivity contribution in [3.63, 3.8) is 0 Å². The Morgan fingerprint density at radius 3 is 1.22 bits per heavy atom. The van der Waals surface area contributed by atoms with Crippen molar-refractivity contribution < 1.29 is 51.0 Å². The molecule has 0 saturated carbocycles. The second-order valence-electron chi connectivity index (χ2n) is 7.71. The predicted octanol–water partition coefficient (Wildman–Crippen LogP) is 1.14. The molecule has 32 heavy (non-hydrogen) atoms. The number of halogens is 2. The van der Waals surface area contributed by atoms with E-state index in [1.165, 1.54) is 33.4 Å².